The third kappa shape index (κ3) is 6.62. The maximum absolute atomic E-state index is 14.1. The molecule has 5 heterocycles. The van der Waals surface area contributed by atoms with E-state index in [4.69, 9.17) is 28.5 Å². The van der Waals surface area contributed by atoms with Crippen LogP contribution < -0.4 is 11.1 Å². The van der Waals surface area contributed by atoms with Crippen LogP contribution in [0.4, 0.5) is 16.2 Å². The molecule has 256 valence electrons. The van der Waals surface area contributed by atoms with Crippen molar-refractivity contribution in [3.8, 4) is 12.3 Å². The van der Waals surface area contributed by atoms with Crippen LogP contribution in [0.15, 0.2) is 36.4 Å². The minimum Gasteiger partial charge on any atom is -0.397 e. The first-order valence-corrected chi connectivity index (χ1v) is 17.6. The average molecular weight is 676 g/mol. The van der Waals surface area contributed by atoms with Gasteiger partial charge < -0.3 is 35.6 Å². The number of carbonyl (C=O) groups excluding carboxylic acids is 2. The number of nitrogens with one attached hydrogen (secondary N) is 1. The van der Waals surface area contributed by atoms with Crippen molar-refractivity contribution in [2.45, 2.75) is 81.8 Å². The number of amides is 3. The number of para-hydroxylation sites is 1. The molecule has 0 radical (unpaired) electrons. The van der Waals surface area contributed by atoms with E-state index in [1.165, 1.54) is 6.42 Å². The van der Waals surface area contributed by atoms with Gasteiger partial charge in [-0.15, -0.1) is 6.42 Å². The van der Waals surface area contributed by atoms with Crippen molar-refractivity contribution in [3.05, 3.63) is 58.1 Å². The molecule has 4 N–H and O–H groups in total. The van der Waals surface area contributed by atoms with Gasteiger partial charge in [-0.25, -0.2) is 4.79 Å². The van der Waals surface area contributed by atoms with E-state index in [-0.39, 0.29) is 24.4 Å². The zero-order valence-electron chi connectivity index (χ0n) is 27.6. The molecule has 0 saturated carbocycles. The number of nitrogens with two attached hydrogens (primary N) is 1. The SMILES string of the molecule is C#Cc1cc(C[C@@H](OC(O)N2CCC(N3Cc4ccccc4NC3=O)CC2)C(=O)N2CCC(N3CC4CC3CN4C)CC2)cc(Cl)c1N. The van der Waals surface area contributed by atoms with Crippen molar-refractivity contribution in [1.82, 2.24) is 24.5 Å². The highest BCUT2D eigenvalue weighted by Gasteiger charge is 2.45. The van der Waals surface area contributed by atoms with Crippen LogP contribution in [0.1, 0.15) is 48.8 Å². The quantitative estimate of drug-likeness (QED) is 0.222. The molecule has 0 spiro atoms. The number of rotatable bonds is 8. The number of benzene rings is 2. The molecule has 11 nitrogen and oxygen atoms in total. The molecule has 7 rings (SSSR count). The highest BCUT2D eigenvalue weighted by molar-refractivity contribution is 6.33. The highest BCUT2D eigenvalue weighted by atomic mass is 35.5. The number of fused-ring (bicyclic) bond motifs is 3. The summed E-state index contributed by atoms with van der Waals surface area (Å²) in [6.45, 7) is 5.12. The van der Waals surface area contributed by atoms with Gasteiger partial charge in [-0.2, -0.15) is 0 Å². The number of nitrogen functional groups attached to an aromatic ring is 1. The van der Waals surface area contributed by atoms with Gasteiger partial charge in [0.1, 0.15) is 6.10 Å². The van der Waals surface area contributed by atoms with Gasteiger partial charge in [-0.3, -0.25) is 14.6 Å². The Morgan fingerprint density at radius 2 is 1.81 bits per heavy atom. The average Bonchev–Trinajstić information content (AvgIpc) is 3.69. The summed E-state index contributed by atoms with van der Waals surface area (Å²) < 4.78 is 6.24. The fourth-order valence-electron chi connectivity index (χ4n) is 8.45. The van der Waals surface area contributed by atoms with Crippen molar-refractivity contribution >= 4 is 34.9 Å². The summed E-state index contributed by atoms with van der Waals surface area (Å²) in [6, 6.07) is 13.0. The zero-order chi connectivity index (χ0) is 33.5. The number of anilines is 2. The molecule has 48 heavy (non-hydrogen) atoms. The Bertz CT molecular complexity index is 1570. The second-order valence-corrected chi connectivity index (χ2v) is 14.5. The summed E-state index contributed by atoms with van der Waals surface area (Å²) in [5.41, 5.74) is 9.52. The number of likely N-dealkylation sites (N-methyl/N-ethyl adjacent to an activating group) is 1. The van der Waals surface area contributed by atoms with Gasteiger partial charge in [0.25, 0.3) is 5.91 Å². The topological polar surface area (TPSA) is 118 Å². The lowest BCUT2D eigenvalue weighted by Crippen LogP contribution is -2.55. The number of ether oxygens (including phenoxy) is 1. The Kier molecular flexibility index (Phi) is 9.57. The summed E-state index contributed by atoms with van der Waals surface area (Å²) in [5.74, 6) is 2.43. The number of urea groups is 1. The molecular formula is C36H46ClN7O4. The molecule has 3 unspecified atom stereocenters. The summed E-state index contributed by atoms with van der Waals surface area (Å²) in [7, 11) is 2.22. The largest absolute Gasteiger partial charge is 0.397 e. The minimum absolute atomic E-state index is 0.0332. The molecule has 5 aliphatic rings. The number of terminal acetylenes is 1. The van der Waals surface area contributed by atoms with Crippen LogP contribution in [-0.2, 0) is 22.5 Å². The van der Waals surface area contributed by atoms with Gasteiger partial charge in [0, 0.05) is 87.7 Å². The van der Waals surface area contributed by atoms with Crippen LogP contribution in [0.5, 0.6) is 0 Å². The van der Waals surface area contributed by atoms with Gasteiger partial charge in [0.15, 0.2) is 0 Å². The van der Waals surface area contributed by atoms with E-state index in [0.29, 0.717) is 80.0 Å². The van der Waals surface area contributed by atoms with E-state index in [1.807, 2.05) is 39.0 Å². The molecule has 0 aliphatic carbocycles. The predicted octanol–water partition coefficient (Wildman–Crippen LogP) is 3.00. The van der Waals surface area contributed by atoms with Gasteiger partial charge in [0.2, 0.25) is 6.41 Å². The summed E-state index contributed by atoms with van der Waals surface area (Å²) in [4.78, 5) is 37.7. The number of aliphatic hydroxyl groups is 1. The molecule has 12 heteroatoms. The maximum atomic E-state index is 14.1. The second kappa shape index (κ2) is 13.9. The molecule has 2 bridgehead atoms. The number of piperidine rings is 2. The Morgan fingerprint density at radius 3 is 2.50 bits per heavy atom. The molecule has 2 aromatic rings. The minimum atomic E-state index is -1.29. The van der Waals surface area contributed by atoms with Crippen molar-refractivity contribution in [1.29, 1.82) is 0 Å². The molecule has 5 aliphatic heterocycles. The van der Waals surface area contributed by atoms with E-state index in [0.717, 1.165) is 42.7 Å². The fourth-order valence-corrected chi connectivity index (χ4v) is 8.70. The summed E-state index contributed by atoms with van der Waals surface area (Å²) in [6.07, 6.45) is 8.08. The molecule has 4 saturated heterocycles. The molecular weight excluding hydrogens is 630 g/mol. The van der Waals surface area contributed by atoms with Crippen LogP contribution in [0.2, 0.25) is 5.02 Å². The van der Waals surface area contributed by atoms with E-state index in [2.05, 4.69) is 28.1 Å². The number of nitrogens with zero attached hydrogens (tertiary/aromatic N) is 5. The lowest BCUT2D eigenvalue weighted by Gasteiger charge is -2.43. The molecule has 0 aromatic heterocycles. The monoisotopic (exact) mass is 675 g/mol. The highest BCUT2D eigenvalue weighted by Crippen LogP contribution is 2.34. The molecule has 2 aromatic carbocycles. The number of piperazine rings is 1. The Labute approximate surface area is 287 Å². The smallest absolute Gasteiger partial charge is 0.322 e. The number of hydrogen-bond acceptors (Lipinski definition) is 8. The first-order chi connectivity index (χ1) is 23.2. The third-order valence-electron chi connectivity index (χ3n) is 11.2. The van der Waals surface area contributed by atoms with Gasteiger partial charge in [-0.1, -0.05) is 35.7 Å². The van der Waals surface area contributed by atoms with E-state index in [1.54, 1.807) is 12.1 Å². The van der Waals surface area contributed by atoms with Crippen LogP contribution in [0, 0.1) is 12.3 Å². The second-order valence-electron chi connectivity index (χ2n) is 14.1. The van der Waals surface area contributed by atoms with Crippen LogP contribution >= 0.6 is 11.6 Å². The van der Waals surface area contributed by atoms with Crippen molar-refractivity contribution in [2.75, 3.05) is 57.4 Å². The Hall–Kier alpha value is -3.37. The number of aliphatic hydroxyl groups excluding tert-OH is 1. The van der Waals surface area contributed by atoms with Gasteiger partial charge in [0.05, 0.1) is 10.7 Å². The Morgan fingerprint density at radius 1 is 1.08 bits per heavy atom. The molecule has 3 amide bonds. The number of carbonyl (C=O) groups is 2. The number of halogens is 1. The van der Waals surface area contributed by atoms with E-state index >= 15 is 0 Å². The van der Waals surface area contributed by atoms with Crippen LogP contribution in [-0.4, -0.2) is 125 Å². The molecule has 4 atom stereocenters. The van der Waals surface area contributed by atoms with Crippen LogP contribution in [0.3, 0.4) is 0 Å². The van der Waals surface area contributed by atoms with E-state index in [9.17, 15) is 14.7 Å². The van der Waals surface area contributed by atoms with Crippen molar-refractivity contribution in [2.24, 2.45) is 0 Å². The van der Waals surface area contributed by atoms with Crippen molar-refractivity contribution in [3.63, 3.8) is 0 Å². The van der Waals surface area contributed by atoms with Crippen molar-refractivity contribution < 1.29 is 19.4 Å². The maximum Gasteiger partial charge on any atom is 0.322 e. The third-order valence-corrected chi connectivity index (χ3v) is 11.6. The zero-order valence-corrected chi connectivity index (χ0v) is 28.3. The fraction of sp³-hybridized carbons (Fsp3) is 0.556. The first kappa shape index (κ1) is 33.1. The number of likely N-dealkylation sites (tertiary alicyclic amines) is 4. The Balaban J connectivity index is 1.00. The normalized spacial score (nSPS) is 25.5. The first-order valence-electron chi connectivity index (χ1n) is 17.2. The predicted molar refractivity (Wildman–Crippen MR) is 185 cm³/mol. The summed E-state index contributed by atoms with van der Waals surface area (Å²) in [5, 5.41) is 14.7. The van der Waals surface area contributed by atoms with Gasteiger partial charge >= 0.3 is 6.03 Å². The lowest BCUT2D eigenvalue weighted by atomic mass is 9.99. The number of hydrogen-bond donors (Lipinski definition) is 3. The standard InChI is InChI=1S/C36H46ClN7O4/c1-3-24-16-23(17-30(37)33(24)38)18-32(34(45)41-12-8-26(9-13-41)43-22-28-19-29(43)21-40(28)2)48-36(47)42-14-10-27(11-15-42)44-20-25-6-4-5-7-31(25)39-35(44)46/h1,4-7,16-17,26-29,32,36,47H,8-15,18-22,38H2,2H3,(H,39,46)/t28?,29?,32-,36?/m1/s1. The lowest BCUT2D eigenvalue weighted by molar-refractivity contribution is -0.225. The summed E-state index contributed by atoms with van der Waals surface area (Å²) >= 11 is 6.41. The van der Waals surface area contributed by atoms with E-state index < -0.39 is 12.5 Å². The van der Waals surface area contributed by atoms with Crippen LogP contribution in [0.25, 0.3) is 0 Å². The van der Waals surface area contributed by atoms with Gasteiger partial charge in [-0.05, 0) is 68.5 Å². The molecule has 4 fully saturated rings.